The average Bonchev–Trinajstić information content (AvgIpc) is 3.18. The van der Waals surface area contributed by atoms with Crippen molar-refractivity contribution < 1.29 is 23.2 Å². The molecule has 2 atom stereocenters. The fraction of sp³-hybridized carbons (Fsp3) is 0.167. The van der Waals surface area contributed by atoms with Gasteiger partial charge in [0.25, 0.3) is 11.8 Å². The summed E-state index contributed by atoms with van der Waals surface area (Å²) in [6, 6.07) is 8.33. The molecule has 0 unspecified atom stereocenters. The van der Waals surface area contributed by atoms with E-state index in [0.717, 1.165) is 22.0 Å². The number of hydrogen-bond acceptors (Lipinski definition) is 6. The highest BCUT2D eigenvalue weighted by atomic mass is 19.1. The minimum atomic E-state index is -1.08. The van der Waals surface area contributed by atoms with E-state index in [1.54, 1.807) is 6.07 Å². The van der Waals surface area contributed by atoms with Gasteiger partial charge in [0.1, 0.15) is 18.2 Å². The van der Waals surface area contributed by atoms with Gasteiger partial charge in [0, 0.05) is 0 Å². The lowest BCUT2D eigenvalue weighted by Crippen LogP contribution is -2.43. The molecule has 2 aromatic rings. The molecule has 4 rings (SSSR count). The van der Waals surface area contributed by atoms with Gasteiger partial charge in [0.15, 0.2) is 12.1 Å². The molecule has 0 saturated carbocycles. The number of anilines is 2. The standard InChI is InChI=1S/C18H13F2N5O3/c19-10-5-7-11(8-6-10)25-17(27)15-16(18(25)28)24(23-22-15)9-14(26)21-13-4-2-1-3-12(13)20/h1-8,15-16H,9H2,(H,21,26)/t15-,16-/m1/s1. The summed E-state index contributed by atoms with van der Waals surface area (Å²) in [6.45, 7) is -0.394. The van der Waals surface area contributed by atoms with Gasteiger partial charge in [0.2, 0.25) is 5.91 Å². The summed E-state index contributed by atoms with van der Waals surface area (Å²) in [7, 11) is 0. The Morgan fingerprint density at radius 2 is 1.75 bits per heavy atom. The molecule has 2 aliphatic heterocycles. The zero-order chi connectivity index (χ0) is 19.8. The molecule has 2 heterocycles. The number of carbonyl (C=O) groups excluding carboxylic acids is 3. The first-order chi connectivity index (χ1) is 13.5. The molecule has 142 valence electrons. The van der Waals surface area contributed by atoms with Crippen LogP contribution in [-0.2, 0) is 14.4 Å². The van der Waals surface area contributed by atoms with E-state index in [1.165, 1.54) is 30.3 Å². The van der Waals surface area contributed by atoms with Crippen LogP contribution in [-0.4, -0.2) is 41.4 Å². The van der Waals surface area contributed by atoms with Crippen LogP contribution in [0.25, 0.3) is 0 Å². The van der Waals surface area contributed by atoms with Gasteiger partial charge in [-0.25, -0.2) is 13.7 Å². The van der Waals surface area contributed by atoms with E-state index in [-0.39, 0.29) is 11.4 Å². The van der Waals surface area contributed by atoms with Crippen LogP contribution in [0.5, 0.6) is 0 Å². The molecule has 8 nitrogen and oxygen atoms in total. The second-order valence-electron chi connectivity index (χ2n) is 6.21. The number of fused-ring (bicyclic) bond motifs is 1. The Morgan fingerprint density at radius 3 is 2.46 bits per heavy atom. The smallest absolute Gasteiger partial charge is 0.263 e. The van der Waals surface area contributed by atoms with E-state index in [2.05, 4.69) is 15.7 Å². The van der Waals surface area contributed by atoms with Gasteiger partial charge < -0.3 is 5.32 Å². The monoisotopic (exact) mass is 385 g/mol. The van der Waals surface area contributed by atoms with Crippen LogP contribution in [0.1, 0.15) is 0 Å². The Kier molecular flexibility index (Phi) is 4.30. The molecule has 1 saturated heterocycles. The highest BCUT2D eigenvalue weighted by Crippen LogP contribution is 2.31. The van der Waals surface area contributed by atoms with Crippen LogP contribution < -0.4 is 10.2 Å². The Labute approximate surface area is 157 Å². The molecule has 0 aliphatic carbocycles. The largest absolute Gasteiger partial charge is 0.322 e. The van der Waals surface area contributed by atoms with Crippen molar-refractivity contribution in [3.05, 3.63) is 60.2 Å². The van der Waals surface area contributed by atoms with Gasteiger partial charge in [0.05, 0.1) is 11.4 Å². The Bertz CT molecular complexity index is 995. The number of halogens is 2. The normalized spacial score (nSPS) is 20.6. The van der Waals surface area contributed by atoms with Crippen LogP contribution in [0.3, 0.4) is 0 Å². The third-order valence-electron chi connectivity index (χ3n) is 4.40. The van der Waals surface area contributed by atoms with Gasteiger partial charge in [-0.05, 0) is 36.4 Å². The molecule has 1 N–H and O–H groups in total. The molecule has 0 bridgehead atoms. The first-order valence-corrected chi connectivity index (χ1v) is 8.31. The van der Waals surface area contributed by atoms with Gasteiger partial charge >= 0.3 is 0 Å². The molecular formula is C18H13F2N5O3. The van der Waals surface area contributed by atoms with E-state index in [0.29, 0.717) is 0 Å². The van der Waals surface area contributed by atoms with E-state index < -0.39 is 48.0 Å². The second-order valence-corrected chi connectivity index (χ2v) is 6.21. The quantitative estimate of drug-likeness (QED) is 0.814. The molecular weight excluding hydrogens is 372 g/mol. The van der Waals surface area contributed by atoms with E-state index in [9.17, 15) is 23.2 Å². The second kappa shape index (κ2) is 6.80. The van der Waals surface area contributed by atoms with Gasteiger partial charge in [-0.2, -0.15) is 5.11 Å². The number of amides is 3. The van der Waals surface area contributed by atoms with Crippen LogP contribution in [0.2, 0.25) is 0 Å². The minimum Gasteiger partial charge on any atom is -0.322 e. The van der Waals surface area contributed by atoms with Crippen LogP contribution >= 0.6 is 0 Å². The first-order valence-electron chi connectivity index (χ1n) is 8.31. The molecule has 1 fully saturated rings. The summed E-state index contributed by atoms with van der Waals surface area (Å²) in [5.41, 5.74) is 0.193. The molecule has 10 heteroatoms. The molecule has 3 amide bonds. The molecule has 0 radical (unpaired) electrons. The summed E-state index contributed by atoms with van der Waals surface area (Å²) in [4.78, 5) is 38.4. The van der Waals surface area contributed by atoms with Gasteiger partial charge in [-0.3, -0.25) is 19.4 Å². The third-order valence-corrected chi connectivity index (χ3v) is 4.40. The van der Waals surface area contributed by atoms with E-state index in [1.807, 2.05) is 0 Å². The summed E-state index contributed by atoms with van der Waals surface area (Å²) < 4.78 is 26.8. The first kappa shape index (κ1) is 17.7. The number of para-hydroxylation sites is 1. The third kappa shape index (κ3) is 2.98. The fourth-order valence-electron chi connectivity index (χ4n) is 3.10. The summed E-state index contributed by atoms with van der Waals surface area (Å²) >= 11 is 0. The van der Waals surface area contributed by atoms with Gasteiger partial charge in [-0.15, -0.1) is 0 Å². The SMILES string of the molecule is O=C(CN1N=N[C@H]2C(=O)N(c3ccc(F)cc3)C(=O)[C@@H]21)Nc1ccccc1F. The molecule has 28 heavy (non-hydrogen) atoms. The predicted molar refractivity (Wildman–Crippen MR) is 93.1 cm³/mol. The fourth-order valence-corrected chi connectivity index (χ4v) is 3.10. The van der Waals surface area contributed by atoms with Crippen molar-refractivity contribution in [3.63, 3.8) is 0 Å². The van der Waals surface area contributed by atoms with Crippen molar-refractivity contribution in [1.82, 2.24) is 5.01 Å². The predicted octanol–water partition coefficient (Wildman–Crippen LogP) is 1.90. The van der Waals surface area contributed by atoms with Crippen molar-refractivity contribution >= 4 is 29.1 Å². The highest BCUT2D eigenvalue weighted by Gasteiger charge is 2.55. The van der Waals surface area contributed by atoms with Crippen molar-refractivity contribution in [2.45, 2.75) is 12.1 Å². The van der Waals surface area contributed by atoms with Crippen LogP contribution in [0.4, 0.5) is 20.2 Å². The average molecular weight is 385 g/mol. The van der Waals surface area contributed by atoms with Crippen molar-refractivity contribution in [3.8, 4) is 0 Å². The number of hydrogen-bond donors (Lipinski definition) is 1. The highest BCUT2D eigenvalue weighted by molar-refractivity contribution is 6.25. The van der Waals surface area contributed by atoms with Crippen molar-refractivity contribution in [2.24, 2.45) is 10.3 Å². The molecule has 0 spiro atoms. The maximum Gasteiger partial charge on any atom is 0.263 e. The molecule has 2 aliphatic rings. The lowest BCUT2D eigenvalue weighted by Gasteiger charge is -2.20. The summed E-state index contributed by atoms with van der Waals surface area (Å²) in [5, 5.41) is 11.0. The Morgan fingerprint density at radius 1 is 1.04 bits per heavy atom. The summed E-state index contributed by atoms with van der Waals surface area (Å²) in [5.74, 6) is -2.96. The number of imide groups is 1. The zero-order valence-corrected chi connectivity index (χ0v) is 14.3. The summed E-state index contributed by atoms with van der Waals surface area (Å²) in [6.07, 6.45) is 0. The number of rotatable bonds is 4. The molecule has 2 aromatic carbocycles. The number of nitrogens with zero attached hydrogens (tertiary/aromatic N) is 4. The number of benzene rings is 2. The van der Waals surface area contributed by atoms with Crippen LogP contribution in [0.15, 0.2) is 58.9 Å². The maximum atomic E-state index is 13.7. The number of carbonyl (C=O) groups is 3. The molecule has 0 aromatic heterocycles. The van der Waals surface area contributed by atoms with Crippen molar-refractivity contribution in [2.75, 3.05) is 16.8 Å². The lowest BCUT2D eigenvalue weighted by atomic mass is 10.1. The lowest BCUT2D eigenvalue weighted by molar-refractivity contribution is -0.123. The Balaban J connectivity index is 1.49. The van der Waals surface area contributed by atoms with E-state index >= 15 is 0 Å². The topological polar surface area (TPSA) is 94.4 Å². The van der Waals surface area contributed by atoms with E-state index in [4.69, 9.17) is 0 Å². The Hall–Kier alpha value is -3.69. The van der Waals surface area contributed by atoms with Gasteiger partial charge in [-0.1, -0.05) is 17.4 Å². The zero-order valence-electron chi connectivity index (χ0n) is 14.3. The minimum absolute atomic E-state index is 0.0121. The number of nitrogens with one attached hydrogen (secondary N) is 1. The van der Waals surface area contributed by atoms with Crippen molar-refractivity contribution in [1.29, 1.82) is 0 Å². The van der Waals surface area contributed by atoms with Crippen LogP contribution in [0, 0.1) is 11.6 Å². The maximum absolute atomic E-state index is 13.7.